The summed E-state index contributed by atoms with van der Waals surface area (Å²) in [6, 6.07) is 0.438. The summed E-state index contributed by atoms with van der Waals surface area (Å²) >= 11 is 1.60. The molecule has 4 nitrogen and oxygen atoms in total. The number of aromatic nitrogens is 1. The zero-order valence-corrected chi connectivity index (χ0v) is 10.9. The van der Waals surface area contributed by atoms with E-state index in [1.807, 2.05) is 5.38 Å². The lowest BCUT2D eigenvalue weighted by molar-refractivity contribution is -0.122. The Bertz CT molecular complexity index is 347. The predicted molar refractivity (Wildman–Crippen MR) is 68.9 cm³/mol. The molecule has 1 aromatic rings. The van der Waals surface area contributed by atoms with Gasteiger partial charge in [-0.2, -0.15) is 0 Å². The van der Waals surface area contributed by atoms with Gasteiger partial charge in [0.15, 0.2) is 0 Å². The van der Waals surface area contributed by atoms with Gasteiger partial charge in [-0.15, -0.1) is 11.3 Å². The minimum atomic E-state index is 0.0731. The first kappa shape index (κ1) is 12.5. The molecular weight excluding hydrogens is 234 g/mol. The van der Waals surface area contributed by atoms with Crippen LogP contribution in [0.5, 0.6) is 0 Å². The molecule has 0 radical (unpaired) electrons. The Hall–Kier alpha value is -0.940. The largest absolute Gasteiger partial charge is 0.347 e. The summed E-state index contributed by atoms with van der Waals surface area (Å²) in [5.74, 6) is 0.131. The van der Waals surface area contributed by atoms with Gasteiger partial charge in [-0.05, 0) is 25.8 Å². The third-order valence-electron chi connectivity index (χ3n) is 3.09. The molecule has 1 saturated heterocycles. The maximum absolute atomic E-state index is 11.9. The molecule has 17 heavy (non-hydrogen) atoms. The molecule has 2 N–H and O–H groups in total. The second-order valence-electron chi connectivity index (χ2n) is 4.40. The van der Waals surface area contributed by atoms with E-state index >= 15 is 0 Å². The topological polar surface area (TPSA) is 54.0 Å². The zero-order valence-electron chi connectivity index (χ0n) is 10.1. The van der Waals surface area contributed by atoms with Gasteiger partial charge in [-0.1, -0.05) is 6.92 Å². The summed E-state index contributed by atoms with van der Waals surface area (Å²) in [6.07, 6.45) is 5.55. The molecular formula is C12H19N3OS. The van der Waals surface area contributed by atoms with Crippen LogP contribution in [0.2, 0.25) is 0 Å². The highest BCUT2D eigenvalue weighted by Gasteiger charge is 2.20. The van der Waals surface area contributed by atoms with E-state index in [1.165, 1.54) is 6.42 Å². The highest BCUT2D eigenvalue weighted by molar-refractivity contribution is 7.09. The molecule has 5 heteroatoms. The van der Waals surface area contributed by atoms with Crippen molar-refractivity contribution in [1.29, 1.82) is 0 Å². The maximum Gasteiger partial charge on any atom is 0.222 e. The molecule has 1 fully saturated rings. The Morgan fingerprint density at radius 3 is 3.24 bits per heavy atom. The molecule has 0 aliphatic carbocycles. The van der Waals surface area contributed by atoms with Gasteiger partial charge >= 0.3 is 0 Å². The normalized spacial score (nSPS) is 21.4. The van der Waals surface area contributed by atoms with E-state index in [0.29, 0.717) is 12.5 Å². The SMILES string of the molecule is CCC(NC(=O)CC1CCCN1)c1nccs1. The monoisotopic (exact) mass is 253 g/mol. The van der Waals surface area contributed by atoms with Gasteiger partial charge < -0.3 is 10.6 Å². The Morgan fingerprint density at radius 1 is 1.76 bits per heavy atom. The van der Waals surface area contributed by atoms with Crippen molar-refractivity contribution in [3.8, 4) is 0 Å². The van der Waals surface area contributed by atoms with Crippen LogP contribution in [0.4, 0.5) is 0 Å². The summed E-state index contributed by atoms with van der Waals surface area (Å²) < 4.78 is 0. The number of nitrogens with one attached hydrogen (secondary N) is 2. The van der Waals surface area contributed by atoms with Crippen LogP contribution in [0.25, 0.3) is 0 Å². The average Bonchev–Trinajstić information content (AvgIpc) is 2.97. The lowest BCUT2D eigenvalue weighted by atomic mass is 10.1. The van der Waals surface area contributed by atoms with Crippen molar-refractivity contribution in [2.45, 2.75) is 44.7 Å². The number of thiazole rings is 1. The van der Waals surface area contributed by atoms with Gasteiger partial charge in [-0.25, -0.2) is 4.98 Å². The summed E-state index contributed by atoms with van der Waals surface area (Å²) in [7, 11) is 0. The van der Waals surface area contributed by atoms with Crippen molar-refractivity contribution in [3.63, 3.8) is 0 Å². The Labute approximate surface area is 106 Å². The molecule has 1 aromatic heterocycles. The summed E-state index contributed by atoms with van der Waals surface area (Å²) in [6.45, 7) is 3.11. The zero-order chi connectivity index (χ0) is 12.1. The molecule has 0 aromatic carbocycles. The maximum atomic E-state index is 11.9. The van der Waals surface area contributed by atoms with Crippen LogP contribution in [0, 0.1) is 0 Å². The first-order valence-electron chi connectivity index (χ1n) is 6.21. The lowest BCUT2D eigenvalue weighted by Crippen LogP contribution is -2.34. The fraction of sp³-hybridized carbons (Fsp3) is 0.667. The molecule has 2 rings (SSSR count). The second kappa shape index (κ2) is 6.12. The van der Waals surface area contributed by atoms with Crippen LogP contribution >= 0.6 is 11.3 Å². The number of amides is 1. The van der Waals surface area contributed by atoms with Crippen molar-refractivity contribution >= 4 is 17.2 Å². The van der Waals surface area contributed by atoms with Gasteiger partial charge in [0.1, 0.15) is 5.01 Å². The number of hydrogen-bond acceptors (Lipinski definition) is 4. The minimum Gasteiger partial charge on any atom is -0.347 e. The second-order valence-corrected chi connectivity index (χ2v) is 5.32. The highest BCUT2D eigenvalue weighted by Crippen LogP contribution is 2.19. The van der Waals surface area contributed by atoms with E-state index in [2.05, 4.69) is 22.5 Å². The number of hydrogen-bond donors (Lipinski definition) is 2. The summed E-state index contributed by atoms with van der Waals surface area (Å²) in [4.78, 5) is 16.1. The van der Waals surface area contributed by atoms with Crippen LogP contribution in [0.1, 0.15) is 43.7 Å². The molecule has 94 valence electrons. The smallest absolute Gasteiger partial charge is 0.222 e. The van der Waals surface area contributed by atoms with E-state index in [9.17, 15) is 4.79 Å². The fourth-order valence-electron chi connectivity index (χ4n) is 2.15. The van der Waals surface area contributed by atoms with Crippen molar-refractivity contribution in [1.82, 2.24) is 15.6 Å². The number of rotatable bonds is 5. The van der Waals surface area contributed by atoms with Crippen molar-refractivity contribution in [2.24, 2.45) is 0 Å². The standard InChI is InChI=1S/C12H19N3OS/c1-2-10(12-14-6-7-17-12)15-11(16)8-9-4-3-5-13-9/h6-7,9-10,13H,2-5,8H2,1H3,(H,15,16). The molecule has 2 heterocycles. The van der Waals surface area contributed by atoms with Crippen molar-refractivity contribution < 1.29 is 4.79 Å². The highest BCUT2D eigenvalue weighted by atomic mass is 32.1. The average molecular weight is 253 g/mol. The van der Waals surface area contributed by atoms with Crippen LogP contribution in [0.3, 0.4) is 0 Å². The van der Waals surface area contributed by atoms with E-state index in [4.69, 9.17) is 0 Å². The van der Waals surface area contributed by atoms with Crippen LogP contribution in [-0.2, 0) is 4.79 Å². The predicted octanol–water partition coefficient (Wildman–Crippen LogP) is 1.85. The van der Waals surface area contributed by atoms with Crippen LogP contribution in [-0.4, -0.2) is 23.5 Å². The lowest BCUT2D eigenvalue weighted by Gasteiger charge is -2.16. The molecule has 0 spiro atoms. The van der Waals surface area contributed by atoms with E-state index < -0.39 is 0 Å². The van der Waals surface area contributed by atoms with E-state index in [0.717, 1.165) is 24.4 Å². The van der Waals surface area contributed by atoms with Gasteiger partial charge in [-0.3, -0.25) is 4.79 Å². The van der Waals surface area contributed by atoms with Gasteiger partial charge in [0.05, 0.1) is 6.04 Å². The molecule has 1 aliphatic heterocycles. The summed E-state index contributed by atoms with van der Waals surface area (Å²) in [5.41, 5.74) is 0. The van der Waals surface area contributed by atoms with Gasteiger partial charge in [0, 0.05) is 24.0 Å². The molecule has 0 bridgehead atoms. The molecule has 1 aliphatic rings. The number of carbonyl (C=O) groups is 1. The number of carbonyl (C=O) groups excluding carboxylic acids is 1. The first-order valence-corrected chi connectivity index (χ1v) is 7.09. The van der Waals surface area contributed by atoms with Gasteiger partial charge in [0.2, 0.25) is 5.91 Å². The van der Waals surface area contributed by atoms with Crippen LogP contribution < -0.4 is 10.6 Å². The summed E-state index contributed by atoms with van der Waals surface area (Å²) in [5, 5.41) is 9.35. The van der Waals surface area contributed by atoms with E-state index in [-0.39, 0.29) is 11.9 Å². The Morgan fingerprint density at radius 2 is 2.65 bits per heavy atom. The third-order valence-corrected chi connectivity index (χ3v) is 3.98. The Kier molecular flexibility index (Phi) is 4.50. The van der Waals surface area contributed by atoms with E-state index in [1.54, 1.807) is 17.5 Å². The molecule has 1 amide bonds. The molecule has 2 atom stereocenters. The van der Waals surface area contributed by atoms with Crippen LogP contribution in [0.15, 0.2) is 11.6 Å². The van der Waals surface area contributed by atoms with Gasteiger partial charge in [0.25, 0.3) is 0 Å². The number of nitrogens with zero attached hydrogens (tertiary/aromatic N) is 1. The first-order chi connectivity index (χ1) is 8.29. The third kappa shape index (κ3) is 3.51. The Balaban J connectivity index is 1.83. The molecule has 0 saturated carbocycles. The quantitative estimate of drug-likeness (QED) is 0.842. The van der Waals surface area contributed by atoms with Crippen molar-refractivity contribution in [2.75, 3.05) is 6.54 Å². The van der Waals surface area contributed by atoms with Crippen molar-refractivity contribution in [3.05, 3.63) is 16.6 Å². The minimum absolute atomic E-state index is 0.0731. The molecule has 2 unspecified atom stereocenters. The fourth-order valence-corrected chi connectivity index (χ4v) is 2.93.